The molecule has 0 spiro atoms. The Balaban J connectivity index is 2.46. The topological polar surface area (TPSA) is 99.3 Å². The van der Waals surface area contributed by atoms with Gasteiger partial charge in [0.05, 0.1) is 0 Å². The van der Waals surface area contributed by atoms with Crippen LogP contribution in [0.5, 0.6) is 0 Å². The van der Waals surface area contributed by atoms with Gasteiger partial charge >= 0.3 is 0 Å². The number of aliphatic hydroxyl groups excluding tert-OH is 2. The first-order valence-electron chi connectivity index (χ1n) is 5.24. The van der Waals surface area contributed by atoms with E-state index in [0.717, 1.165) is 16.5 Å². The Kier molecular flexibility index (Phi) is 2.87. The minimum absolute atomic E-state index is 0.464. The van der Waals surface area contributed by atoms with Gasteiger partial charge in [0.15, 0.2) is 6.10 Å². The largest absolute Gasteiger partial charge is 0.385 e. The van der Waals surface area contributed by atoms with Gasteiger partial charge in [0.2, 0.25) is 5.91 Å². The van der Waals surface area contributed by atoms with E-state index in [9.17, 15) is 15.0 Å². The summed E-state index contributed by atoms with van der Waals surface area (Å²) in [7, 11) is 0. The van der Waals surface area contributed by atoms with Crippen LogP contribution in [0.1, 0.15) is 17.2 Å². The summed E-state index contributed by atoms with van der Waals surface area (Å²) in [5, 5.41) is 20.1. The normalized spacial score (nSPS) is 14.8. The van der Waals surface area contributed by atoms with Crippen molar-refractivity contribution >= 4 is 16.8 Å². The molecular weight excluding hydrogens is 220 g/mol. The number of benzene rings is 1. The molecule has 0 fully saturated rings. The molecule has 0 bridgehead atoms. The summed E-state index contributed by atoms with van der Waals surface area (Å²) in [5.41, 5.74) is 7.34. The molecule has 0 saturated carbocycles. The lowest BCUT2D eigenvalue weighted by molar-refractivity contribution is -0.131. The molecule has 0 aliphatic carbocycles. The fourth-order valence-corrected chi connectivity index (χ4v) is 1.83. The second-order valence-corrected chi connectivity index (χ2v) is 4.09. The van der Waals surface area contributed by atoms with Crippen LogP contribution in [0.2, 0.25) is 0 Å². The first-order chi connectivity index (χ1) is 8.00. The minimum atomic E-state index is -1.60. The summed E-state index contributed by atoms with van der Waals surface area (Å²) in [4.78, 5) is 13.8. The number of nitrogens with two attached hydrogens (primary N) is 1. The Morgan fingerprint density at radius 3 is 2.76 bits per heavy atom. The molecule has 5 heteroatoms. The number of hydrogen-bond donors (Lipinski definition) is 4. The van der Waals surface area contributed by atoms with Gasteiger partial charge in [-0.25, -0.2) is 0 Å². The average Bonchev–Trinajstić information content (AvgIpc) is 2.69. The van der Waals surface area contributed by atoms with Gasteiger partial charge in [-0.1, -0.05) is 12.1 Å². The molecule has 0 aliphatic heterocycles. The van der Waals surface area contributed by atoms with Crippen LogP contribution in [-0.2, 0) is 4.79 Å². The molecule has 5 N–H and O–H groups in total. The van der Waals surface area contributed by atoms with Crippen LogP contribution < -0.4 is 5.73 Å². The number of rotatable bonds is 3. The minimum Gasteiger partial charge on any atom is -0.385 e. The fourth-order valence-electron chi connectivity index (χ4n) is 1.83. The van der Waals surface area contributed by atoms with Crippen molar-refractivity contribution in [1.29, 1.82) is 0 Å². The third kappa shape index (κ3) is 2.02. The van der Waals surface area contributed by atoms with Gasteiger partial charge in [-0.2, -0.15) is 0 Å². The van der Waals surface area contributed by atoms with E-state index in [-0.39, 0.29) is 0 Å². The number of aromatic nitrogens is 1. The Labute approximate surface area is 97.9 Å². The lowest BCUT2D eigenvalue weighted by atomic mass is 10.0. The van der Waals surface area contributed by atoms with E-state index in [4.69, 9.17) is 5.73 Å². The summed E-state index contributed by atoms with van der Waals surface area (Å²) in [5.74, 6) is -0.945. The predicted octanol–water partition coefficient (Wildman–Crippen LogP) is 0.356. The van der Waals surface area contributed by atoms with E-state index in [1.165, 1.54) is 0 Å². The summed E-state index contributed by atoms with van der Waals surface area (Å²) in [6.07, 6.45) is -1.35. The number of H-pyrrole nitrogens is 1. The van der Waals surface area contributed by atoms with E-state index in [2.05, 4.69) is 4.98 Å². The predicted molar refractivity (Wildman–Crippen MR) is 63.2 cm³/mol. The first-order valence-corrected chi connectivity index (χ1v) is 5.24. The monoisotopic (exact) mass is 234 g/mol. The summed E-state index contributed by atoms with van der Waals surface area (Å²) in [6.45, 7) is 1.95. The molecule has 1 aromatic heterocycles. The van der Waals surface area contributed by atoms with Crippen molar-refractivity contribution in [1.82, 2.24) is 4.98 Å². The molecule has 5 nitrogen and oxygen atoms in total. The molecule has 1 amide bonds. The highest BCUT2D eigenvalue weighted by molar-refractivity contribution is 5.86. The van der Waals surface area contributed by atoms with Crippen LogP contribution in [0.15, 0.2) is 24.4 Å². The third-order valence-corrected chi connectivity index (χ3v) is 2.78. The lowest BCUT2D eigenvalue weighted by Gasteiger charge is -2.13. The molecular formula is C12H14N2O3. The van der Waals surface area contributed by atoms with Crippen molar-refractivity contribution < 1.29 is 15.0 Å². The highest BCUT2D eigenvalue weighted by atomic mass is 16.3. The Hall–Kier alpha value is -1.85. The fraction of sp³-hybridized carbons (Fsp3) is 0.250. The van der Waals surface area contributed by atoms with Crippen molar-refractivity contribution in [2.45, 2.75) is 19.1 Å². The zero-order valence-corrected chi connectivity index (χ0v) is 9.34. The summed E-state index contributed by atoms with van der Waals surface area (Å²) >= 11 is 0. The van der Waals surface area contributed by atoms with Gasteiger partial charge in [0.25, 0.3) is 0 Å². The summed E-state index contributed by atoms with van der Waals surface area (Å²) < 4.78 is 0. The van der Waals surface area contributed by atoms with Gasteiger partial charge in [0, 0.05) is 22.7 Å². The molecule has 2 aromatic rings. The number of aryl methyl sites for hydroxylation is 1. The van der Waals surface area contributed by atoms with Crippen molar-refractivity contribution in [3.63, 3.8) is 0 Å². The number of aliphatic hydroxyl groups is 2. The zero-order chi connectivity index (χ0) is 12.6. The van der Waals surface area contributed by atoms with E-state index in [0.29, 0.717) is 5.56 Å². The number of nitrogens with one attached hydrogen (secondary N) is 1. The third-order valence-electron chi connectivity index (χ3n) is 2.78. The Morgan fingerprint density at radius 1 is 1.41 bits per heavy atom. The quantitative estimate of drug-likeness (QED) is 0.616. The number of fused-ring (bicyclic) bond motifs is 1. The molecule has 2 unspecified atom stereocenters. The highest BCUT2D eigenvalue weighted by Gasteiger charge is 2.25. The molecule has 90 valence electrons. The van der Waals surface area contributed by atoms with Crippen LogP contribution in [0.25, 0.3) is 10.9 Å². The van der Waals surface area contributed by atoms with Gasteiger partial charge < -0.3 is 20.9 Å². The van der Waals surface area contributed by atoms with Crippen molar-refractivity contribution in [2.24, 2.45) is 5.73 Å². The molecule has 17 heavy (non-hydrogen) atoms. The SMILES string of the molecule is Cc1ccc2c(C(O)C(O)C(N)=O)c[nH]c2c1. The highest BCUT2D eigenvalue weighted by Crippen LogP contribution is 2.26. The van der Waals surface area contributed by atoms with Gasteiger partial charge in [0.1, 0.15) is 6.10 Å². The second kappa shape index (κ2) is 4.20. The zero-order valence-electron chi connectivity index (χ0n) is 9.34. The van der Waals surface area contributed by atoms with Crippen LogP contribution in [0.4, 0.5) is 0 Å². The Bertz CT molecular complexity index is 562. The maximum absolute atomic E-state index is 10.8. The first kappa shape index (κ1) is 11.6. The van der Waals surface area contributed by atoms with E-state index < -0.39 is 18.1 Å². The number of hydrogen-bond acceptors (Lipinski definition) is 3. The number of aromatic amines is 1. The van der Waals surface area contributed by atoms with Crippen LogP contribution >= 0.6 is 0 Å². The number of carbonyl (C=O) groups is 1. The van der Waals surface area contributed by atoms with Crippen molar-refractivity contribution in [2.75, 3.05) is 0 Å². The number of carbonyl (C=O) groups excluding carboxylic acids is 1. The number of amides is 1. The Morgan fingerprint density at radius 2 is 2.12 bits per heavy atom. The van der Waals surface area contributed by atoms with Crippen LogP contribution in [0, 0.1) is 6.92 Å². The molecule has 0 radical (unpaired) electrons. The second-order valence-electron chi connectivity index (χ2n) is 4.09. The molecule has 1 heterocycles. The standard InChI is InChI=1S/C12H14N2O3/c1-6-2-3-7-8(5-14-9(7)4-6)10(15)11(16)12(13)17/h2-5,10-11,14-16H,1H3,(H2,13,17). The smallest absolute Gasteiger partial charge is 0.249 e. The van der Waals surface area contributed by atoms with Crippen LogP contribution in [0.3, 0.4) is 0 Å². The van der Waals surface area contributed by atoms with Gasteiger partial charge in [-0.15, -0.1) is 0 Å². The van der Waals surface area contributed by atoms with Gasteiger partial charge in [-0.3, -0.25) is 4.79 Å². The van der Waals surface area contributed by atoms with E-state index in [1.807, 2.05) is 25.1 Å². The molecule has 2 rings (SSSR count). The lowest BCUT2D eigenvalue weighted by Crippen LogP contribution is -2.33. The average molecular weight is 234 g/mol. The molecule has 1 aromatic carbocycles. The van der Waals surface area contributed by atoms with E-state index >= 15 is 0 Å². The maximum atomic E-state index is 10.8. The maximum Gasteiger partial charge on any atom is 0.249 e. The van der Waals surface area contributed by atoms with Crippen molar-refractivity contribution in [3.8, 4) is 0 Å². The van der Waals surface area contributed by atoms with Crippen molar-refractivity contribution in [3.05, 3.63) is 35.5 Å². The number of primary amides is 1. The molecule has 2 atom stereocenters. The molecule has 0 aliphatic rings. The molecule has 0 saturated heterocycles. The summed E-state index contributed by atoms with van der Waals surface area (Å²) in [6, 6.07) is 5.64. The van der Waals surface area contributed by atoms with Gasteiger partial charge in [-0.05, 0) is 18.6 Å². The van der Waals surface area contributed by atoms with E-state index in [1.54, 1.807) is 6.20 Å². The van der Waals surface area contributed by atoms with Crippen LogP contribution in [-0.4, -0.2) is 27.2 Å².